The maximum absolute atomic E-state index is 12.3. The van der Waals surface area contributed by atoms with Crippen molar-refractivity contribution in [3.8, 4) is 0 Å². The molecule has 0 aromatic carbocycles. The smallest absolute Gasteiger partial charge is 0.349 e. The quantitative estimate of drug-likeness (QED) is 0.814. The van der Waals surface area contributed by atoms with E-state index in [1.807, 2.05) is 0 Å². The minimum atomic E-state index is -1.48. The highest BCUT2D eigenvalue weighted by atomic mass is 35.5. The Morgan fingerprint density at radius 1 is 1.00 bits per heavy atom. The molecular weight excluding hydrogens is 333 g/mol. The van der Waals surface area contributed by atoms with Crippen LogP contribution in [0.3, 0.4) is 0 Å². The predicted octanol–water partition coefficient (Wildman–Crippen LogP) is 3.18. The molecule has 2 aromatic heterocycles. The van der Waals surface area contributed by atoms with Crippen molar-refractivity contribution in [3.05, 3.63) is 58.4 Å². The van der Waals surface area contributed by atoms with Gasteiger partial charge in [0.25, 0.3) is 5.91 Å². The van der Waals surface area contributed by atoms with Crippen LogP contribution in [-0.2, 0) is 22.7 Å². The van der Waals surface area contributed by atoms with E-state index in [1.165, 1.54) is 17.4 Å². The Kier molecular flexibility index (Phi) is 5.30. The molecule has 1 N–H and O–H groups in total. The fraction of sp³-hybridized carbons (Fsp3) is 0.143. The van der Waals surface area contributed by atoms with Gasteiger partial charge in [-0.3, -0.25) is 4.79 Å². The van der Waals surface area contributed by atoms with E-state index in [4.69, 9.17) is 37.1 Å². The molecule has 0 bridgehead atoms. The van der Waals surface area contributed by atoms with Crippen LogP contribution in [0.15, 0.2) is 55.7 Å². The van der Waals surface area contributed by atoms with E-state index >= 15 is 0 Å². The van der Waals surface area contributed by atoms with Gasteiger partial charge in [0.1, 0.15) is 21.6 Å². The van der Waals surface area contributed by atoms with Crippen LogP contribution in [0.5, 0.6) is 0 Å². The first kappa shape index (κ1) is 16.2. The minimum Gasteiger partial charge on any atom is -0.477 e. The third-order valence-electron chi connectivity index (χ3n) is 2.71. The number of hydrogen-bond donors (Lipinski definition) is 1. The van der Waals surface area contributed by atoms with Crippen molar-refractivity contribution in [1.82, 2.24) is 4.90 Å². The first-order valence-electron chi connectivity index (χ1n) is 6.11. The van der Waals surface area contributed by atoms with Crippen molar-refractivity contribution in [1.29, 1.82) is 0 Å². The largest absolute Gasteiger partial charge is 0.477 e. The zero-order valence-electron chi connectivity index (χ0n) is 11.2. The molecule has 22 heavy (non-hydrogen) atoms. The molecule has 0 aliphatic carbocycles. The van der Waals surface area contributed by atoms with Gasteiger partial charge in [-0.25, -0.2) is 4.79 Å². The van der Waals surface area contributed by atoms with Crippen LogP contribution in [0.25, 0.3) is 0 Å². The summed E-state index contributed by atoms with van der Waals surface area (Å²) < 4.78 is 10.4. The molecule has 0 unspecified atom stereocenters. The molecule has 1 amide bonds. The van der Waals surface area contributed by atoms with Crippen LogP contribution in [0, 0.1) is 0 Å². The van der Waals surface area contributed by atoms with Crippen molar-refractivity contribution >= 4 is 35.1 Å². The minimum absolute atomic E-state index is 0.0898. The molecule has 0 saturated heterocycles. The van der Waals surface area contributed by atoms with Gasteiger partial charge in [-0.05, 0) is 24.3 Å². The standard InChI is InChI=1S/C14H11Cl2NO5/c15-11(12(16)14(19)20)13(18)17(7-9-3-1-5-21-9)8-10-4-2-6-22-10/h1-6H,7-8H2,(H,19,20)/b12-11-. The summed E-state index contributed by atoms with van der Waals surface area (Å²) in [6.07, 6.45) is 2.93. The van der Waals surface area contributed by atoms with Gasteiger partial charge in [0.2, 0.25) is 0 Å². The summed E-state index contributed by atoms with van der Waals surface area (Å²) in [7, 11) is 0. The summed E-state index contributed by atoms with van der Waals surface area (Å²) in [6, 6.07) is 6.71. The molecule has 6 nitrogen and oxygen atoms in total. The van der Waals surface area contributed by atoms with Gasteiger partial charge in [-0.2, -0.15) is 0 Å². The third-order valence-corrected chi connectivity index (χ3v) is 3.51. The van der Waals surface area contributed by atoms with E-state index < -0.39 is 21.9 Å². The molecule has 2 aromatic rings. The molecule has 8 heteroatoms. The Morgan fingerprint density at radius 2 is 1.50 bits per heavy atom. The summed E-state index contributed by atoms with van der Waals surface area (Å²) in [5.41, 5.74) is 0. The Hall–Kier alpha value is -2.18. The Bertz CT molecular complexity index is 640. The molecule has 116 valence electrons. The highest BCUT2D eigenvalue weighted by molar-refractivity contribution is 6.53. The second-order valence-corrected chi connectivity index (χ2v) is 5.01. The first-order chi connectivity index (χ1) is 10.5. The van der Waals surface area contributed by atoms with E-state index in [2.05, 4.69) is 0 Å². The van der Waals surface area contributed by atoms with Gasteiger partial charge in [0.15, 0.2) is 0 Å². The molecule has 0 aliphatic rings. The number of nitrogens with zero attached hydrogens (tertiary/aromatic N) is 1. The molecule has 0 saturated carbocycles. The third kappa shape index (κ3) is 3.93. The zero-order chi connectivity index (χ0) is 16.1. The second kappa shape index (κ2) is 7.20. The summed E-state index contributed by atoms with van der Waals surface area (Å²) in [5, 5.41) is 7.50. The lowest BCUT2D eigenvalue weighted by Gasteiger charge is -2.20. The average Bonchev–Trinajstić information content (AvgIpc) is 3.17. The van der Waals surface area contributed by atoms with Crippen molar-refractivity contribution in [3.63, 3.8) is 0 Å². The van der Waals surface area contributed by atoms with Crippen LogP contribution >= 0.6 is 23.2 Å². The first-order valence-corrected chi connectivity index (χ1v) is 6.87. The van der Waals surface area contributed by atoms with E-state index in [0.717, 1.165) is 0 Å². The number of rotatable bonds is 6. The fourth-order valence-corrected chi connectivity index (χ4v) is 1.99. The molecule has 0 aliphatic heterocycles. The van der Waals surface area contributed by atoms with E-state index in [-0.39, 0.29) is 13.1 Å². The number of furan rings is 2. The molecule has 0 fully saturated rings. The molecule has 0 radical (unpaired) electrons. The summed E-state index contributed by atoms with van der Waals surface area (Å²) in [5.74, 6) is -1.19. The van der Waals surface area contributed by atoms with Crippen LogP contribution in [-0.4, -0.2) is 21.9 Å². The number of halogens is 2. The summed E-state index contributed by atoms with van der Waals surface area (Å²) >= 11 is 11.3. The van der Waals surface area contributed by atoms with Gasteiger partial charge >= 0.3 is 5.97 Å². The summed E-state index contributed by atoms with van der Waals surface area (Å²) in [4.78, 5) is 24.4. The van der Waals surface area contributed by atoms with Crippen molar-refractivity contribution < 1.29 is 23.5 Å². The highest BCUT2D eigenvalue weighted by Crippen LogP contribution is 2.20. The van der Waals surface area contributed by atoms with Crippen molar-refractivity contribution in [2.24, 2.45) is 0 Å². The fourth-order valence-electron chi connectivity index (χ4n) is 1.71. The molecule has 0 spiro atoms. The lowest BCUT2D eigenvalue weighted by atomic mass is 10.3. The van der Waals surface area contributed by atoms with Gasteiger partial charge in [0, 0.05) is 0 Å². The monoisotopic (exact) mass is 343 g/mol. The topological polar surface area (TPSA) is 83.9 Å². The lowest BCUT2D eigenvalue weighted by Crippen LogP contribution is -2.30. The number of carbonyl (C=O) groups is 2. The van der Waals surface area contributed by atoms with Crippen LogP contribution in [0.1, 0.15) is 11.5 Å². The highest BCUT2D eigenvalue weighted by Gasteiger charge is 2.24. The normalized spacial score (nSPS) is 11.9. The SMILES string of the molecule is O=C(O)/C(Cl)=C(/Cl)C(=O)N(Cc1ccco1)Cc1ccco1. The van der Waals surface area contributed by atoms with Gasteiger partial charge in [-0.15, -0.1) is 0 Å². The number of aliphatic carboxylic acids is 1. The molecule has 2 heterocycles. The van der Waals surface area contributed by atoms with Gasteiger partial charge < -0.3 is 18.8 Å². The number of amides is 1. The van der Waals surface area contributed by atoms with Crippen LogP contribution in [0.4, 0.5) is 0 Å². The number of hydrogen-bond acceptors (Lipinski definition) is 4. The number of carbonyl (C=O) groups excluding carboxylic acids is 1. The Balaban J connectivity index is 2.25. The lowest BCUT2D eigenvalue weighted by molar-refractivity contribution is -0.133. The number of carboxylic acid groups (broad SMARTS) is 1. The average molecular weight is 344 g/mol. The summed E-state index contributed by atoms with van der Waals surface area (Å²) in [6.45, 7) is 0.180. The van der Waals surface area contributed by atoms with E-state index in [1.54, 1.807) is 24.3 Å². The van der Waals surface area contributed by atoms with Gasteiger partial charge in [-0.1, -0.05) is 23.2 Å². The van der Waals surface area contributed by atoms with Crippen LogP contribution < -0.4 is 0 Å². The van der Waals surface area contributed by atoms with Crippen molar-refractivity contribution in [2.75, 3.05) is 0 Å². The van der Waals surface area contributed by atoms with Crippen molar-refractivity contribution in [2.45, 2.75) is 13.1 Å². The molecular formula is C14H11Cl2NO5. The zero-order valence-corrected chi connectivity index (χ0v) is 12.7. The van der Waals surface area contributed by atoms with Gasteiger partial charge in [0.05, 0.1) is 25.6 Å². The van der Waals surface area contributed by atoms with Crippen LogP contribution in [0.2, 0.25) is 0 Å². The molecule has 2 rings (SSSR count). The van der Waals surface area contributed by atoms with E-state index in [0.29, 0.717) is 11.5 Å². The predicted molar refractivity (Wildman–Crippen MR) is 78.0 cm³/mol. The van der Waals surface area contributed by atoms with E-state index in [9.17, 15) is 9.59 Å². The maximum atomic E-state index is 12.3. The second-order valence-electron chi connectivity index (χ2n) is 4.25. The Labute approximate surface area is 135 Å². The molecule has 0 atom stereocenters. The maximum Gasteiger partial charge on any atom is 0.349 e. The number of carboxylic acids is 1. The Morgan fingerprint density at radius 3 is 1.86 bits per heavy atom.